The van der Waals surface area contributed by atoms with Gasteiger partial charge in [0.2, 0.25) is 5.95 Å². The fourth-order valence-electron chi connectivity index (χ4n) is 4.31. The topological polar surface area (TPSA) is 50.3 Å². The van der Waals surface area contributed by atoms with Gasteiger partial charge in [-0.1, -0.05) is 29.8 Å². The Kier molecular flexibility index (Phi) is 5.62. The fraction of sp³-hybridized carbons (Fsp3) is 0.360. The van der Waals surface area contributed by atoms with E-state index in [0.29, 0.717) is 5.95 Å². The van der Waals surface area contributed by atoms with E-state index in [2.05, 4.69) is 62.2 Å². The van der Waals surface area contributed by atoms with Gasteiger partial charge in [-0.25, -0.2) is 4.98 Å². The predicted molar refractivity (Wildman–Crippen MR) is 123 cm³/mol. The highest BCUT2D eigenvalue weighted by atomic mass is 16.5. The van der Waals surface area contributed by atoms with E-state index in [9.17, 15) is 0 Å². The average molecular weight is 403 g/mol. The van der Waals surface area contributed by atoms with Gasteiger partial charge < -0.3 is 15.0 Å². The Morgan fingerprint density at radius 2 is 1.70 bits per heavy atom. The molecule has 0 saturated carbocycles. The van der Waals surface area contributed by atoms with E-state index in [-0.39, 0.29) is 0 Å². The van der Waals surface area contributed by atoms with E-state index in [1.165, 1.54) is 27.8 Å². The molecule has 30 heavy (non-hydrogen) atoms. The maximum Gasteiger partial charge on any atom is 0.229 e. The van der Waals surface area contributed by atoms with Crippen molar-refractivity contribution in [1.82, 2.24) is 9.97 Å². The largest absolute Gasteiger partial charge is 0.497 e. The molecule has 5 nitrogen and oxygen atoms in total. The van der Waals surface area contributed by atoms with Crippen molar-refractivity contribution in [1.29, 1.82) is 0 Å². The number of rotatable bonds is 6. The molecule has 0 aliphatic carbocycles. The molecule has 0 unspecified atom stereocenters. The van der Waals surface area contributed by atoms with Crippen molar-refractivity contribution < 1.29 is 4.74 Å². The number of hydrogen-bond acceptors (Lipinski definition) is 5. The highest BCUT2D eigenvalue weighted by Crippen LogP contribution is 2.31. The lowest BCUT2D eigenvalue weighted by Gasteiger charge is -2.20. The molecule has 0 bridgehead atoms. The van der Waals surface area contributed by atoms with Gasteiger partial charge in [0.15, 0.2) is 0 Å². The molecule has 3 aromatic rings. The van der Waals surface area contributed by atoms with Gasteiger partial charge in [0, 0.05) is 30.0 Å². The summed E-state index contributed by atoms with van der Waals surface area (Å²) in [6.45, 7) is 10.4. The van der Waals surface area contributed by atoms with Crippen LogP contribution in [0.2, 0.25) is 0 Å². The molecule has 0 fully saturated rings. The van der Waals surface area contributed by atoms with Gasteiger partial charge in [-0.2, -0.15) is 4.98 Å². The Morgan fingerprint density at radius 3 is 2.37 bits per heavy atom. The Labute approximate surface area is 179 Å². The highest BCUT2D eigenvalue weighted by molar-refractivity contribution is 5.66. The van der Waals surface area contributed by atoms with Crippen LogP contribution < -0.4 is 15.0 Å². The lowest BCUT2D eigenvalue weighted by molar-refractivity contribution is 0.414. The molecule has 5 heteroatoms. The van der Waals surface area contributed by atoms with Gasteiger partial charge in [-0.05, 0) is 69.4 Å². The zero-order valence-electron chi connectivity index (χ0n) is 18.5. The molecular weight excluding hydrogens is 372 g/mol. The summed E-state index contributed by atoms with van der Waals surface area (Å²) in [4.78, 5) is 12.1. The second kappa shape index (κ2) is 8.34. The number of ether oxygens (including phenoxy) is 1. The van der Waals surface area contributed by atoms with Gasteiger partial charge in [0.1, 0.15) is 11.6 Å². The molecule has 1 N–H and O–H groups in total. The second-order valence-corrected chi connectivity index (χ2v) is 8.17. The van der Waals surface area contributed by atoms with Gasteiger partial charge in [-0.3, -0.25) is 0 Å². The number of benzene rings is 2. The summed E-state index contributed by atoms with van der Waals surface area (Å²) in [5.74, 6) is 2.64. The van der Waals surface area contributed by atoms with Crippen LogP contribution in [-0.2, 0) is 12.8 Å². The molecule has 1 aliphatic heterocycles. The Hall–Kier alpha value is -3.08. The number of hydrogen-bond donors (Lipinski definition) is 1. The first-order chi connectivity index (χ1) is 14.4. The normalized spacial score (nSPS) is 12.8. The minimum atomic E-state index is 0.678. The Morgan fingerprint density at radius 1 is 1.00 bits per heavy atom. The Bertz CT molecular complexity index is 1040. The molecule has 2 heterocycles. The maximum atomic E-state index is 5.26. The third kappa shape index (κ3) is 4.11. The molecule has 0 saturated heterocycles. The molecular formula is C25H30N4O. The van der Waals surface area contributed by atoms with Crippen molar-refractivity contribution >= 4 is 17.5 Å². The first-order valence-electron chi connectivity index (χ1n) is 10.5. The minimum absolute atomic E-state index is 0.678. The number of nitrogens with one attached hydrogen (secondary N) is 1. The average Bonchev–Trinajstić information content (AvgIpc) is 3.13. The van der Waals surface area contributed by atoms with E-state index in [0.717, 1.165) is 48.9 Å². The summed E-state index contributed by atoms with van der Waals surface area (Å²) in [6.07, 6.45) is 1.98. The van der Waals surface area contributed by atoms with Gasteiger partial charge in [0.05, 0.1) is 7.11 Å². The molecule has 2 aromatic carbocycles. The van der Waals surface area contributed by atoms with Crippen molar-refractivity contribution in [2.75, 3.05) is 30.4 Å². The molecule has 1 aliphatic rings. The van der Waals surface area contributed by atoms with E-state index < -0.39 is 0 Å². The van der Waals surface area contributed by atoms with Gasteiger partial charge in [0.25, 0.3) is 0 Å². The third-order valence-corrected chi connectivity index (χ3v) is 5.87. The van der Waals surface area contributed by atoms with Crippen LogP contribution in [0, 0.1) is 27.7 Å². The van der Waals surface area contributed by atoms with Gasteiger partial charge in [-0.15, -0.1) is 0 Å². The lowest BCUT2D eigenvalue weighted by Crippen LogP contribution is -2.24. The number of anilines is 3. The van der Waals surface area contributed by atoms with Crippen LogP contribution in [0.25, 0.3) is 0 Å². The zero-order chi connectivity index (χ0) is 21.3. The fourth-order valence-corrected chi connectivity index (χ4v) is 4.31. The molecule has 156 valence electrons. The van der Waals surface area contributed by atoms with E-state index in [1.807, 2.05) is 12.1 Å². The molecule has 0 spiro atoms. The van der Waals surface area contributed by atoms with Crippen molar-refractivity contribution in [2.24, 2.45) is 0 Å². The third-order valence-electron chi connectivity index (χ3n) is 5.87. The molecule has 0 atom stereocenters. The van der Waals surface area contributed by atoms with Crippen LogP contribution in [0.5, 0.6) is 5.75 Å². The lowest BCUT2D eigenvalue weighted by atomic mass is 10.1. The number of aromatic nitrogens is 2. The standard InChI is InChI=1S/C25H30N4O/c1-16-14-17(2)23(18(3)15-16)27-25-26-19(4)22-11-13-29(24(22)28-25)12-10-20-6-8-21(30-5)9-7-20/h6-9,14-15H,10-13H2,1-5H3,(H,26,27,28). The smallest absolute Gasteiger partial charge is 0.229 e. The maximum absolute atomic E-state index is 5.26. The van der Waals surface area contributed by atoms with Crippen molar-refractivity contribution in [2.45, 2.75) is 40.5 Å². The van der Waals surface area contributed by atoms with Crippen molar-refractivity contribution in [3.63, 3.8) is 0 Å². The predicted octanol–water partition coefficient (Wildman–Crippen LogP) is 5.07. The summed E-state index contributed by atoms with van der Waals surface area (Å²) in [5.41, 5.74) is 8.44. The van der Waals surface area contributed by atoms with E-state index >= 15 is 0 Å². The van der Waals surface area contributed by atoms with Crippen LogP contribution in [-0.4, -0.2) is 30.2 Å². The summed E-state index contributed by atoms with van der Waals surface area (Å²) in [7, 11) is 1.70. The molecule has 0 radical (unpaired) electrons. The zero-order valence-corrected chi connectivity index (χ0v) is 18.5. The minimum Gasteiger partial charge on any atom is -0.497 e. The summed E-state index contributed by atoms with van der Waals surface area (Å²) in [6, 6.07) is 12.7. The number of fused-ring (bicyclic) bond motifs is 1. The van der Waals surface area contributed by atoms with E-state index in [1.54, 1.807) is 7.11 Å². The van der Waals surface area contributed by atoms with Crippen LogP contribution in [0.4, 0.5) is 17.5 Å². The van der Waals surface area contributed by atoms with E-state index in [4.69, 9.17) is 14.7 Å². The number of aryl methyl sites for hydroxylation is 4. The Balaban J connectivity index is 1.54. The monoisotopic (exact) mass is 402 g/mol. The quantitative estimate of drug-likeness (QED) is 0.624. The SMILES string of the molecule is COc1ccc(CCN2CCc3c(C)nc(Nc4c(C)cc(C)cc4C)nc32)cc1. The molecule has 1 aromatic heterocycles. The number of methoxy groups -OCH3 is 1. The summed E-state index contributed by atoms with van der Waals surface area (Å²) >= 11 is 0. The van der Waals surface area contributed by atoms with Crippen LogP contribution in [0.1, 0.15) is 33.5 Å². The van der Waals surface area contributed by atoms with Crippen LogP contribution >= 0.6 is 0 Å². The van der Waals surface area contributed by atoms with Crippen molar-refractivity contribution in [3.05, 3.63) is 69.9 Å². The second-order valence-electron chi connectivity index (χ2n) is 8.17. The highest BCUT2D eigenvalue weighted by Gasteiger charge is 2.24. The van der Waals surface area contributed by atoms with Crippen LogP contribution in [0.15, 0.2) is 36.4 Å². The number of nitrogens with zero attached hydrogens (tertiary/aromatic N) is 3. The molecule has 0 amide bonds. The van der Waals surface area contributed by atoms with Gasteiger partial charge >= 0.3 is 0 Å². The molecule has 4 rings (SSSR count). The van der Waals surface area contributed by atoms with Crippen molar-refractivity contribution in [3.8, 4) is 5.75 Å². The summed E-state index contributed by atoms with van der Waals surface area (Å²) in [5, 5.41) is 3.48. The first kappa shape index (κ1) is 20.2. The van der Waals surface area contributed by atoms with Crippen LogP contribution in [0.3, 0.4) is 0 Å². The first-order valence-corrected chi connectivity index (χ1v) is 10.5. The summed E-state index contributed by atoms with van der Waals surface area (Å²) < 4.78 is 5.26.